The Morgan fingerprint density at radius 3 is 2.65 bits per heavy atom. The van der Waals surface area contributed by atoms with Crippen molar-refractivity contribution in [2.75, 3.05) is 5.32 Å². The molecule has 2 N–H and O–H groups in total. The van der Waals surface area contributed by atoms with Crippen LogP contribution >= 0.6 is 0 Å². The molecule has 1 aromatic carbocycles. The first-order valence-electron chi connectivity index (χ1n) is 5.93. The van der Waals surface area contributed by atoms with Crippen molar-refractivity contribution in [2.24, 2.45) is 0 Å². The molecule has 2 rings (SSSR count). The normalized spacial score (nSPS) is 10.3. The van der Waals surface area contributed by atoms with Crippen molar-refractivity contribution in [2.45, 2.75) is 13.3 Å². The molecule has 0 unspecified atom stereocenters. The maximum absolute atomic E-state index is 13.5. The third-order valence-electron chi connectivity index (χ3n) is 2.77. The van der Waals surface area contributed by atoms with Gasteiger partial charge in [-0.3, -0.25) is 4.79 Å². The summed E-state index contributed by atoms with van der Waals surface area (Å²) in [7, 11) is 0. The second-order valence-corrected chi connectivity index (χ2v) is 4.06. The number of amides is 1. The number of carboxylic acids is 1. The van der Waals surface area contributed by atoms with Crippen molar-refractivity contribution >= 4 is 17.6 Å². The average molecular weight is 277 g/mol. The Hall–Kier alpha value is -2.63. The second kappa shape index (κ2) is 5.56. The molecule has 104 valence electrons. The van der Waals surface area contributed by atoms with E-state index in [-0.39, 0.29) is 5.69 Å². The number of carboxylic acid groups (broad SMARTS) is 1. The SMILES string of the molecule is CCc1occc1C(=O)Nc1ccc(C(=O)O)c(F)c1. The third-order valence-corrected chi connectivity index (χ3v) is 2.77. The largest absolute Gasteiger partial charge is 0.478 e. The number of nitrogens with one attached hydrogen (secondary N) is 1. The van der Waals surface area contributed by atoms with Crippen LogP contribution in [0.3, 0.4) is 0 Å². The fourth-order valence-corrected chi connectivity index (χ4v) is 1.78. The van der Waals surface area contributed by atoms with E-state index in [1.807, 2.05) is 6.92 Å². The van der Waals surface area contributed by atoms with Gasteiger partial charge in [0.25, 0.3) is 5.91 Å². The van der Waals surface area contributed by atoms with Gasteiger partial charge in [-0.05, 0) is 24.3 Å². The van der Waals surface area contributed by atoms with Crippen LogP contribution in [-0.4, -0.2) is 17.0 Å². The van der Waals surface area contributed by atoms with Crippen LogP contribution in [0.15, 0.2) is 34.9 Å². The number of benzene rings is 1. The summed E-state index contributed by atoms with van der Waals surface area (Å²) < 4.78 is 18.6. The Bertz CT molecular complexity index is 663. The zero-order valence-corrected chi connectivity index (χ0v) is 10.6. The smallest absolute Gasteiger partial charge is 0.338 e. The molecule has 0 spiro atoms. The van der Waals surface area contributed by atoms with Crippen molar-refractivity contribution in [3.05, 3.63) is 53.2 Å². The summed E-state index contributed by atoms with van der Waals surface area (Å²) in [5.41, 5.74) is 0.108. The van der Waals surface area contributed by atoms with Crippen LogP contribution in [0.2, 0.25) is 0 Å². The molecule has 1 amide bonds. The molecular weight excluding hydrogens is 265 g/mol. The van der Waals surface area contributed by atoms with Crippen molar-refractivity contribution < 1.29 is 23.5 Å². The van der Waals surface area contributed by atoms with Crippen molar-refractivity contribution in [1.29, 1.82) is 0 Å². The molecule has 20 heavy (non-hydrogen) atoms. The molecule has 0 fully saturated rings. The standard InChI is InChI=1S/C14H12FNO4/c1-2-12-10(5-6-20-12)13(17)16-8-3-4-9(14(18)19)11(15)7-8/h3-7H,2H2,1H3,(H,16,17)(H,18,19). The van der Waals surface area contributed by atoms with E-state index in [9.17, 15) is 14.0 Å². The molecule has 0 bridgehead atoms. The predicted octanol–water partition coefficient (Wildman–Crippen LogP) is 2.93. The Morgan fingerprint density at radius 1 is 1.30 bits per heavy atom. The third kappa shape index (κ3) is 2.69. The molecule has 6 heteroatoms. The highest BCUT2D eigenvalue weighted by molar-refractivity contribution is 6.05. The maximum Gasteiger partial charge on any atom is 0.338 e. The van der Waals surface area contributed by atoms with Gasteiger partial charge in [-0.2, -0.15) is 0 Å². The molecule has 0 aliphatic carbocycles. The van der Waals surface area contributed by atoms with Gasteiger partial charge in [0.1, 0.15) is 11.6 Å². The summed E-state index contributed by atoms with van der Waals surface area (Å²) in [6, 6.07) is 4.92. The van der Waals surface area contributed by atoms with Gasteiger partial charge in [-0.25, -0.2) is 9.18 Å². The van der Waals surface area contributed by atoms with Gasteiger partial charge in [-0.1, -0.05) is 6.92 Å². The summed E-state index contributed by atoms with van der Waals surface area (Å²) >= 11 is 0. The lowest BCUT2D eigenvalue weighted by Gasteiger charge is -2.06. The molecule has 1 heterocycles. The van der Waals surface area contributed by atoms with Crippen LogP contribution < -0.4 is 5.32 Å². The number of carbonyl (C=O) groups excluding carboxylic acids is 1. The number of rotatable bonds is 4. The quantitative estimate of drug-likeness (QED) is 0.900. The molecule has 0 aliphatic heterocycles. The zero-order valence-electron chi connectivity index (χ0n) is 10.6. The molecule has 0 saturated carbocycles. The number of hydrogen-bond donors (Lipinski definition) is 2. The number of anilines is 1. The fraction of sp³-hybridized carbons (Fsp3) is 0.143. The maximum atomic E-state index is 13.5. The van der Waals surface area contributed by atoms with E-state index in [1.54, 1.807) is 0 Å². The minimum Gasteiger partial charge on any atom is -0.478 e. The van der Waals surface area contributed by atoms with Gasteiger partial charge in [0, 0.05) is 12.1 Å². The van der Waals surface area contributed by atoms with E-state index in [4.69, 9.17) is 9.52 Å². The Labute approximate surface area is 114 Å². The molecular formula is C14H12FNO4. The second-order valence-electron chi connectivity index (χ2n) is 4.06. The van der Waals surface area contributed by atoms with E-state index >= 15 is 0 Å². The van der Waals surface area contributed by atoms with Crippen molar-refractivity contribution in [1.82, 2.24) is 0 Å². The van der Waals surface area contributed by atoms with Gasteiger partial charge in [0.2, 0.25) is 0 Å². The first-order chi connectivity index (χ1) is 9.52. The van der Waals surface area contributed by atoms with E-state index in [0.717, 1.165) is 12.1 Å². The molecule has 0 atom stereocenters. The predicted molar refractivity (Wildman–Crippen MR) is 69.4 cm³/mol. The molecule has 5 nitrogen and oxygen atoms in total. The van der Waals surface area contributed by atoms with Crippen LogP contribution in [0.25, 0.3) is 0 Å². The lowest BCUT2D eigenvalue weighted by Crippen LogP contribution is -2.13. The van der Waals surface area contributed by atoms with Crippen LogP contribution in [0, 0.1) is 5.82 Å². The summed E-state index contributed by atoms with van der Waals surface area (Å²) in [4.78, 5) is 22.7. The highest BCUT2D eigenvalue weighted by Crippen LogP contribution is 2.17. The number of aromatic carboxylic acids is 1. The minimum atomic E-state index is -1.36. The fourth-order valence-electron chi connectivity index (χ4n) is 1.78. The van der Waals surface area contributed by atoms with E-state index in [2.05, 4.69) is 5.32 Å². The molecule has 1 aromatic heterocycles. The van der Waals surface area contributed by atoms with Gasteiger partial charge >= 0.3 is 5.97 Å². The van der Waals surface area contributed by atoms with Crippen LogP contribution in [-0.2, 0) is 6.42 Å². The summed E-state index contributed by atoms with van der Waals surface area (Å²) in [6.45, 7) is 1.84. The number of halogens is 1. The Morgan fingerprint density at radius 2 is 2.05 bits per heavy atom. The highest BCUT2D eigenvalue weighted by atomic mass is 19.1. The first kappa shape index (κ1) is 13.8. The van der Waals surface area contributed by atoms with E-state index < -0.39 is 23.3 Å². The van der Waals surface area contributed by atoms with Crippen LogP contribution in [0.5, 0.6) is 0 Å². The van der Waals surface area contributed by atoms with Crippen LogP contribution in [0.1, 0.15) is 33.4 Å². The van der Waals surface area contributed by atoms with Crippen LogP contribution in [0.4, 0.5) is 10.1 Å². The molecule has 2 aromatic rings. The topological polar surface area (TPSA) is 79.5 Å². The summed E-state index contributed by atoms with van der Waals surface area (Å²) in [6.07, 6.45) is 1.96. The van der Waals surface area contributed by atoms with Gasteiger partial charge in [-0.15, -0.1) is 0 Å². The number of carbonyl (C=O) groups is 2. The summed E-state index contributed by atoms with van der Waals surface area (Å²) in [5, 5.41) is 11.2. The average Bonchev–Trinajstić information content (AvgIpc) is 2.86. The summed E-state index contributed by atoms with van der Waals surface area (Å²) in [5.74, 6) is -2.16. The van der Waals surface area contributed by atoms with Gasteiger partial charge in [0.05, 0.1) is 17.4 Å². The number of aryl methyl sites for hydroxylation is 1. The van der Waals surface area contributed by atoms with E-state index in [1.165, 1.54) is 18.4 Å². The highest BCUT2D eigenvalue weighted by Gasteiger charge is 2.15. The van der Waals surface area contributed by atoms with Gasteiger partial charge < -0.3 is 14.8 Å². The van der Waals surface area contributed by atoms with Crippen molar-refractivity contribution in [3.63, 3.8) is 0 Å². The lowest BCUT2D eigenvalue weighted by molar-refractivity contribution is 0.0692. The number of furan rings is 1. The molecule has 0 radical (unpaired) electrons. The Balaban J connectivity index is 2.20. The lowest BCUT2D eigenvalue weighted by atomic mass is 10.1. The Kier molecular flexibility index (Phi) is 3.84. The van der Waals surface area contributed by atoms with E-state index in [0.29, 0.717) is 17.7 Å². The monoisotopic (exact) mass is 277 g/mol. The molecule has 0 saturated heterocycles. The van der Waals surface area contributed by atoms with Crippen molar-refractivity contribution in [3.8, 4) is 0 Å². The minimum absolute atomic E-state index is 0.181. The zero-order chi connectivity index (χ0) is 14.7. The number of hydrogen-bond acceptors (Lipinski definition) is 3. The first-order valence-corrected chi connectivity index (χ1v) is 5.93. The molecule has 0 aliphatic rings. The van der Waals surface area contributed by atoms with Gasteiger partial charge in [0.15, 0.2) is 0 Å².